The lowest BCUT2D eigenvalue weighted by Crippen LogP contribution is -2.42. The van der Waals surface area contributed by atoms with Gasteiger partial charge in [-0.25, -0.2) is 0 Å². The van der Waals surface area contributed by atoms with Crippen LogP contribution in [0, 0.1) is 15.5 Å². The number of carbonyl (C=O) groups excluding carboxylic acids is 1. The van der Waals surface area contributed by atoms with E-state index in [9.17, 15) is 14.9 Å². The molecule has 0 spiro atoms. The molecule has 6 nitrogen and oxygen atoms in total. The van der Waals surface area contributed by atoms with E-state index in [2.05, 4.69) is 10.6 Å². The van der Waals surface area contributed by atoms with Gasteiger partial charge in [-0.15, -0.1) is 0 Å². The number of nitro groups is 1. The molecule has 0 radical (unpaired) electrons. The first-order valence-corrected chi connectivity index (χ1v) is 6.28. The second-order valence-electron chi connectivity index (χ2n) is 5.04. The van der Waals surface area contributed by atoms with Gasteiger partial charge in [-0.05, 0) is 32.0 Å². The number of anilines is 1. The first-order valence-electron chi connectivity index (χ1n) is 6.28. The summed E-state index contributed by atoms with van der Waals surface area (Å²) in [5.74, 6) is -0.150. The Morgan fingerprint density at radius 2 is 2.00 bits per heavy atom. The number of para-hydroxylation sites is 2. The second-order valence-corrected chi connectivity index (χ2v) is 5.04. The Labute approximate surface area is 111 Å². The van der Waals surface area contributed by atoms with Gasteiger partial charge in [-0.2, -0.15) is 0 Å². The molecule has 19 heavy (non-hydrogen) atoms. The number of carbonyl (C=O) groups is 1. The smallest absolute Gasteiger partial charge is 0.292 e. The number of benzene rings is 1. The summed E-state index contributed by atoms with van der Waals surface area (Å²) in [5.41, 5.74) is -0.278. The summed E-state index contributed by atoms with van der Waals surface area (Å²) in [7, 11) is 0. The molecule has 1 aliphatic heterocycles. The van der Waals surface area contributed by atoms with Crippen molar-refractivity contribution in [1.82, 2.24) is 5.32 Å². The van der Waals surface area contributed by atoms with Crippen LogP contribution in [0.15, 0.2) is 24.3 Å². The average Bonchev–Trinajstić information content (AvgIpc) is 2.40. The number of nitrogens with one attached hydrogen (secondary N) is 2. The Morgan fingerprint density at radius 1 is 1.37 bits per heavy atom. The molecule has 2 rings (SSSR count). The van der Waals surface area contributed by atoms with Gasteiger partial charge < -0.3 is 10.6 Å². The van der Waals surface area contributed by atoms with Crippen LogP contribution >= 0.6 is 0 Å². The summed E-state index contributed by atoms with van der Waals surface area (Å²) < 4.78 is 0. The van der Waals surface area contributed by atoms with Crippen molar-refractivity contribution in [3.63, 3.8) is 0 Å². The molecular formula is C13H17N3O3. The molecular weight excluding hydrogens is 246 g/mol. The zero-order valence-corrected chi connectivity index (χ0v) is 10.8. The topological polar surface area (TPSA) is 84.3 Å². The fraction of sp³-hybridized carbons (Fsp3) is 0.462. The van der Waals surface area contributed by atoms with E-state index < -0.39 is 10.3 Å². The molecule has 0 saturated carbocycles. The summed E-state index contributed by atoms with van der Waals surface area (Å²) in [6.45, 7) is 3.49. The summed E-state index contributed by atoms with van der Waals surface area (Å²) >= 11 is 0. The number of nitro benzene ring substituents is 1. The Hall–Kier alpha value is -1.95. The van der Waals surface area contributed by atoms with Gasteiger partial charge in [0, 0.05) is 11.5 Å². The normalized spacial score (nSPS) is 17.7. The van der Waals surface area contributed by atoms with E-state index in [1.807, 2.05) is 6.92 Å². The highest BCUT2D eigenvalue weighted by Gasteiger charge is 2.35. The predicted molar refractivity (Wildman–Crippen MR) is 71.9 cm³/mol. The van der Waals surface area contributed by atoms with Gasteiger partial charge in [0.15, 0.2) is 0 Å². The molecule has 102 valence electrons. The fourth-order valence-corrected chi connectivity index (χ4v) is 2.22. The molecule has 0 bridgehead atoms. The third-order valence-electron chi connectivity index (χ3n) is 3.60. The van der Waals surface area contributed by atoms with Gasteiger partial charge in [0.05, 0.1) is 4.92 Å². The van der Waals surface area contributed by atoms with Crippen LogP contribution in [0.5, 0.6) is 0 Å². The minimum atomic E-state index is -0.486. The molecule has 6 heteroatoms. The van der Waals surface area contributed by atoms with Gasteiger partial charge in [0.25, 0.3) is 5.69 Å². The van der Waals surface area contributed by atoms with Gasteiger partial charge in [0.1, 0.15) is 5.69 Å². The Morgan fingerprint density at radius 3 is 2.63 bits per heavy atom. The van der Waals surface area contributed by atoms with Crippen molar-refractivity contribution in [2.75, 3.05) is 18.4 Å². The SMILES string of the molecule is CC1(C(=O)Nc2ccccc2[N+](=O)[O-])CCNCC1. The van der Waals surface area contributed by atoms with E-state index in [-0.39, 0.29) is 17.3 Å². The van der Waals surface area contributed by atoms with Crippen molar-refractivity contribution in [2.24, 2.45) is 5.41 Å². The van der Waals surface area contributed by atoms with Crippen LogP contribution in [-0.4, -0.2) is 23.9 Å². The lowest BCUT2D eigenvalue weighted by Gasteiger charge is -2.32. The molecule has 1 fully saturated rings. The van der Waals surface area contributed by atoms with Gasteiger partial charge >= 0.3 is 0 Å². The highest BCUT2D eigenvalue weighted by atomic mass is 16.6. The van der Waals surface area contributed by atoms with E-state index in [1.54, 1.807) is 18.2 Å². The zero-order chi connectivity index (χ0) is 13.9. The molecule has 0 aromatic heterocycles. The largest absolute Gasteiger partial charge is 0.320 e. The van der Waals surface area contributed by atoms with Crippen LogP contribution in [-0.2, 0) is 4.79 Å². The standard InChI is InChI=1S/C13H17N3O3/c1-13(6-8-14-9-7-13)12(17)15-10-4-2-3-5-11(10)16(18)19/h2-5,14H,6-9H2,1H3,(H,15,17). The summed E-state index contributed by atoms with van der Waals surface area (Å²) in [6, 6.07) is 6.20. The first kappa shape index (κ1) is 13.5. The van der Waals surface area contributed by atoms with Gasteiger partial charge in [-0.1, -0.05) is 19.1 Å². The van der Waals surface area contributed by atoms with Crippen LogP contribution in [0.3, 0.4) is 0 Å². The quantitative estimate of drug-likeness (QED) is 0.644. The molecule has 0 unspecified atom stereocenters. The second kappa shape index (κ2) is 5.36. The van der Waals surface area contributed by atoms with E-state index >= 15 is 0 Å². The Bertz CT molecular complexity index is 496. The molecule has 1 aliphatic rings. The maximum Gasteiger partial charge on any atom is 0.292 e. The minimum absolute atomic E-state index is 0.0756. The third kappa shape index (κ3) is 2.90. The summed E-state index contributed by atoms with van der Waals surface area (Å²) in [4.78, 5) is 22.7. The van der Waals surface area contributed by atoms with Crippen molar-refractivity contribution in [3.8, 4) is 0 Å². The monoisotopic (exact) mass is 263 g/mol. The van der Waals surface area contributed by atoms with E-state index in [1.165, 1.54) is 6.07 Å². The highest BCUT2D eigenvalue weighted by molar-refractivity contribution is 5.97. The number of amides is 1. The molecule has 1 saturated heterocycles. The molecule has 1 aromatic rings. The van der Waals surface area contributed by atoms with Crippen LogP contribution in [0.4, 0.5) is 11.4 Å². The number of piperidine rings is 1. The molecule has 1 heterocycles. The fourth-order valence-electron chi connectivity index (χ4n) is 2.22. The van der Waals surface area contributed by atoms with Gasteiger partial charge in [0.2, 0.25) is 5.91 Å². The Balaban J connectivity index is 2.17. The lowest BCUT2D eigenvalue weighted by atomic mass is 9.80. The third-order valence-corrected chi connectivity index (χ3v) is 3.60. The van der Waals surface area contributed by atoms with Crippen LogP contribution in [0.1, 0.15) is 19.8 Å². The van der Waals surface area contributed by atoms with Crippen molar-refractivity contribution in [1.29, 1.82) is 0 Å². The van der Waals surface area contributed by atoms with E-state index in [0.717, 1.165) is 25.9 Å². The van der Waals surface area contributed by atoms with Crippen LogP contribution < -0.4 is 10.6 Å². The predicted octanol–water partition coefficient (Wildman–Crippen LogP) is 1.92. The number of hydrogen-bond donors (Lipinski definition) is 2. The van der Waals surface area contributed by atoms with Crippen molar-refractivity contribution >= 4 is 17.3 Å². The van der Waals surface area contributed by atoms with Crippen molar-refractivity contribution in [3.05, 3.63) is 34.4 Å². The van der Waals surface area contributed by atoms with E-state index in [4.69, 9.17) is 0 Å². The van der Waals surface area contributed by atoms with Crippen LogP contribution in [0.2, 0.25) is 0 Å². The maximum absolute atomic E-state index is 12.3. The molecule has 2 N–H and O–H groups in total. The number of rotatable bonds is 3. The lowest BCUT2D eigenvalue weighted by molar-refractivity contribution is -0.383. The molecule has 0 aliphatic carbocycles. The molecule has 1 amide bonds. The Kier molecular flexibility index (Phi) is 3.80. The van der Waals surface area contributed by atoms with Crippen molar-refractivity contribution < 1.29 is 9.72 Å². The first-order chi connectivity index (χ1) is 9.03. The maximum atomic E-state index is 12.3. The van der Waals surface area contributed by atoms with Crippen molar-refractivity contribution in [2.45, 2.75) is 19.8 Å². The molecule has 1 aromatic carbocycles. The van der Waals surface area contributed by atoms with Crippen LogP contribution in [0.25, 0.3) is 0 Å². The molecule has 0 atom stereocenters. The zero-order valence-electron chi connectivity index (χ0n) is 10.8. The van der Waals surface area contributed by atoms with E-state index in [0.29, 0.717) is 0 Å². The number of nitrogens with zero attached hydrogens (tertiary/aromatic N) is 1. The number of hydrogen-bond acceptors (Lipinski definition) is 4. The average molecular weight is 263 g/mol. The summed E-state index contributed by atoms with van der Waals surface area (Å²) in [5, 5.41) is 16.8. The van der Waals surface area contributed by atoms with Gasteiger partial charge in [-0.3, -0.25) is 14.9 Å². The summed E-state index contributed by atoms with van der Waals surface area (Å²) in [6.07, 6.45) is 1.47. The highest BCUT2D eigenvalue weighted by Crippen LogP contribution is 2.31. The minimum Gasteiger partial charge on any atom is -0.320 e.